The fraction of sp³-hybridized carbons (Fsp3) is 0.440. The van der Waals surface area contributed by atoms with Gasteiger partial charge >= 0.3 is 0 Å². The van der Waals surface area contributed by atoms with E-state index in [4.69, 9.17) is 28.2 Å². The second kappa shape index (κ2) is 11.5. The van der Waals surface area contributed by atoms with E-state index in [0.29, 0.717) is 16.6 Å². The third-order valence-electron chi connectivity index (χ3n) is 5.81. The minimum atomic E-state index is 0.139. The Kier molecular flexibility index (Phi) is 8.79. The molecule has 0 atom stereocenters. The quantitative estimate of drug-likeness (QED) is 0.326. The van der Waals surface area contributed by atoms with E-state index in [1.165, 1.54) is 0 Å². The molecule has 0 fully saturated rings. The highest BCUT2D eigenvalue weighted by Crippen LogP contribution is 2.25. The number of imidazole rings is 1. The fourth-order valence-electron chi connectivity index (χ4n) is 3.91. The van der Waals surface area contributed by atoms with Gasteiger partial charge in [-0.25, -0.2) is 4.98 Å². The highest BCUT2D eigenvalue weighted by molar-refractivity contribution is 6.35. The Morgan fingerprint density at radius 3 is 2.58 bits per heavy atom. The van der Waals surface area contributed by atoms with Crippen molar-refractivity contribution in [2.24, 2.45) is 5.92 Å². The molecule has 1 N–H and O–H groups in total. The van der Waals surface area contributed by atoms with Crippen molar-refractivity contribution in [1.82, 2.24) is 14.9 Å². The van der Waals surface area contributed by atoms with E-state index in [1.54, 1.807) is 6.07 Å². The Bertz CT molecular complexity index is 1010. The lowest BCUT2D eigenvalue weighted by Gasteiger charge is -2.13. The van der Waals surface area contributed by atoms with Crippen LogP contribution in [0.25, 0.3) is 11.0 Å². The normalized spacial score (nSPS) is 11.4. The number of carbonyl (C=O) groups excluding carboxylic acids is 1. The third-order valence-corrected chi connectivity index (χ3v) is 6.40. The van der Waals surface area contributed by atoms with Crippen LogP contribution >= 0.6 is 23.2 Å². The van der Waals surface area contributed by atoms with E-state index < -0.39 is 0 Å². The number of aryl methyl sites for hydroxylation is 1. The number of para-hydroxylation sites is 2. The molecule has 166 valence electrons. The molecular formula is C25H31Cl2N3O. The molecular weight excluding hydrogens is 429 g/mol. The van der Waals surface area contributed by atoms with E-state index in [-0.39, 0.29) is 11.8 Å². The van der Waals surface area contributed by atoms with Gasteiger partial charge < -0.3 is 9.88 Å². The van der Waals surface area contributed by atoms with Crippen molar-refractivity contribution in [3.8, 4) is 0 Å². The van der Waals surface area contributed by atoms with Crippen LogP contribution in [0.1, 0.15) is 57.3 Å². The maximum atomic E-state index is 12.1. The largest absolute Gasteiger partial charge is 0.356 e. The summed E-state index contributed by atoms with van der Waals surface area (Å²) in [6, 6.07) is 13.8. The molecule has 1 aromatic heterocycles. The summed E-state index contributed by atoms with van der Waals surface area (Å²) >= 11 is 12.5. The summed E-state index contributed by atoms with van der Waals surface area (Å²) in [6.07, 6.45) is 5.74. The van der Waals surface area contributed by atoms with E-state index in [0.717, 1.165) is 67.5 Å². The van der Waals surface area contributed by atoms with Crippen molar-refractivity contribution in [2.75, 3.05) is 6.54 Å². The van der Waals surface area contributed by atoms with Crippen molar-refractivity contribution in [3.63, 3.8) is 0 Å². The predicted molar refractivity (Wildman–Crippen MR) is 130 cm³/mol. The Balaban J connectivity index is 1.60. The average Bonchev–Trinajstić information content (AvgIpc) is 3.10. The first-order valence-corrected chi connectivity index (χ1v) is 11.9. The molecule has 0 aliphatic carbocycles. The lowest BCUT2D eigenvalue weighted by Crippen LogP contribution is -2.30. The third kappa shape index (κ3) is 6.24. The molecule has 6 heteroatoms. The van der Waals surface area contributed by atoms with Gasteiger partial charge in [0, 0.05) is 28.9 Å². The zero-order chi connectivity index (χ0) is 22.2. The molecule has 31 heavy (non-hydrogen) atoms. The fourth-order valence-corrected chi connectivity index (χ4v) is 4.38. The van der Waals surface area contributed by atoms with Crippen molar-refractivity contribution in [2.45, 2.75) is 58.9 Å². The molecule has 0 aliphatic rings. The zero-order valence-electron chi connectivity index (χ0n) is 18.3. The molecule has 1 heterocycles. The summed E-state index contributed by atoms with van der Waals surface area (Å²) in [4.78, 5) is 17.0. The lowest BCUT2D eigenvalue weighted by molar-refractivity contribution is -0.125. The molecule has 0 radical (unpaired) electrons. The highest BCUT2D eigenvalue weighted by Gasteiger charge is 2.14. The monoisotopic (exact) mass is 459 g/mol. The number of hydrogen-bond acceptors (Lipinski definition) is 2. The summed E-state index contributed by atoms with van der Waals surface area (Å²) in [7, 11) is 0. The molecule has 0 bridgehead atoms. The molecule has 1 amide bonds. The van der Waals surface area contributed by atoms with Gasteiger partial charge in [0.25, 0.3) is 0 Å². The second-order valence-electron chi connectivity index (χ2n) is 7.95. The highest BCUT2D eigenvalue weighted by atomic mass is 35.5. The van der Waals surface area contributed by atoms with Crippen molar-refractivity contribution in [1.29, 1.82) is 0 Å². The topological polar surface area (TPSA) is 46.9 Å². The predicted octanol–water partition coefficient (Wildman–Crippen LogP) is 6.66. The second-order valence-corrected chi connectivity index (χ2v) is 8.80. The van der Waals surface area contributed by atoms with Crippen LogP contribution in [0.5, 0.6) is 0 Å². The van der Waals surface area contributed by atoms with Gasteiger partial charge in [0.2, 0.25) is 5.91 Å². The number of rotatable bonds is 11. The van der Waals surface area contributed by atoms with Crippen LogP contribution < -0.4 is 5.32 Å². The van der Waals surface area contributed by atoms with E-state index in [1.807, 2.05) is 30.3 Å². The van der Waals surface area contributed by atoms with Crippen molar-refractivity contribution < 1.29 is 4.79 Å². The number of nitrogens with one attached hydrogen (secondary N) is 1. The van der Waals surface area contributed by atoms with Crippen molar-refractivity contribution in [3.05, 3.63) is 63.9 Å². The van der Waals surface area contributed by atoms with Crippen LogP contribution in [0.3, 0.4) is 0 Å². The molecule has 0 saturated heterocycles. The molecule has 3 rings (SSSR count). The number of unbranched alkanes of at least 4 members (excludes halogenated alkanes) is 2. The Morgan fingerprint density at radius 1 is 1.06 bits per heavy atom. The van der Waals surface area contributed by atoms with Gasteiger partial charge in [-0.2, -0.15) is 0 Å². The van der Waals surface area contributed by atoms with Gasteiger partial charge in [0.05, 0.1) is 17.6 Å². The first-order valence-electron chi connectivity index (χ1n) is 11.2. The molecule has 0 aliphatic heterocycles. The van der Waals surface area contributed by atoms with Gasteiger partial charge in [-0.15, -0.1) is 0 Å². The number of amides is 1. The molecule has 4 nitrogen and oxygen atoms in total. The van der Waals surface area contributed by atoms with E-state index in [9.17, 15) is 4.79 Å². The number of hydrogen-bond donors (Lipinski definition) is 1. The van der Waals surface area contributed by atoms with Crippen LogP contribution in [-0.2, 0) is 17.8 Å². The van der Waals surface area contributed by atoms with Gasteiger partial charge in [-0.3, -0.25) is 4.79 Å². The lowest BCUT2D eigenvalue weighted by atomic mass is 10.0. The van der Waals surface area contributed by atoms with Crippen LogP contribution in [0.4, 0.5) is 0 Å². The number of aromatic nitrogens is 2. The summed E-state index contributed by atoms with van der Waals surface area (Å²) < 4.78 is 2.25. The number of fused-ring (bicyclic) bond motifs is 1. The Labute approximate surface area is 195 Å². The molecule has 0 unspecified atom stereocenters. The van der Waals surface area contributed by atoms with Crippen LogP contribution in [-0.4, -0.2) is 22.0 Å². The molecule has 3 aromatic rings. The van der Waals surface area contributed by atoms with Crippen LogP contribution in [0.15, 0.2) is 42.5 Å². The van der Waals surface area contributed by atoms with Gasteiger partial charge in [0.1, 0.15) is 5.82 Å². The number of carbonyl (C=O) groups is 1. The standard InChI is InChI=1S/C25H31Cl2N3O/c1-3-18(4-2)25(31)28-15-9-5-6-12-24-29-22-10-7-8-11-23(22)30(24)17-19-13-14-20(26)16-21(19)27/h7-8,10-11,13-14,16,18H,3-6,9,12,15,17H2,1-2H3,(H,28,31). The SMILES string of the molecule is CCC(CC)C(=O)NCCCCCc1nc2ccccc2n1Cc1ccc(Cl)cc1Cl. The van der Waals surface area contributed by atoms with Crippen LogP contribution in [0, 0.1) is 5.92 Å². The van der Waals surface area contributed by atoms with Gasteiger partial charge in [-0.05, 0) is 55.5 Å². The summed E-state index contributed by atoms with van der Waals surface area (Å²) in [5, 5.41) is 4.38. The zero-order valence-corrected chi connectivity index (χ0v) is 19.8. The van der Waals surface area contributed by atoms with Crippen LogP contribution in [0.2, 0.25) is 10.0 Å². The smallest absolute Gasteiger partial charge is 0.223 e. The summed E-state index contributed by atoms with van der Waals surface area (Å²) in [5.74, 6) is 1.39. The van der Waals surface area contributed by atoms with Crippen molar-refractivity contribution >= 4 is 40.1 Å². The first kappa shape index (κ1) is 23.6. The Morgan fingerprint density at radius 2 is 1.84 bits per heavy atom. The number of benzene rings is 2. The summed E-state index contributed by atoms with van der Waals surface area (Å²) in [5.41, 5.74) is 3.14. The minimum absolute atomic E-state index is 0.139. The van der Waals surface area contributed by atoms with Gasteiger partial charge in [0.15, 0.2) is 0 Å². The Hall–Kier alpha value is -2.04. The maximum absolute atomic E-state index is 12.1. The average molecular weight is 460 g/mol. The molecule has 0 saturated carbocycles. The van der Waals surface area contributed by atoms with E-state index in [2.05, 4.69) is 29.8 Å². The van der Waals surface area contributed by atoms with E-state index >= 15 is 0 Å². The first-order chi connectivity index (χ1) is 15.0. The summed E-state index contributed by atoms with van der Waals surface area (Å²) in [6.45, 7) is 5.54. The van der Waals surface area contributed by atoms with Gasteiger partial charge in [-0.1, -0.05) is 61.7 Å². The number of nitrogens with zero attached hydrogens (tertiary/aromatic N) is 2. The minimum Gasteiger partial charge on any atom is -0.356 e. The maximum Gasteiger partial charge on any atom is 0.223 e. The molecule has 0 spiro atoms. The molecule has 2 aromatic carbocycles. The number of halogens is 2.